The fraction of sp³-hybridized carbons (Fsp3) is 0.381. The van der Waals surface area contributed by atoms with Crippen LogP contribution in [0.5, 0.6) is 5.75 Å². The van der Waals surface area contributed by atoms with Crippen LogP contribution in [0.15, 0.2) is 36.4 Å². The molecule has 0 unspecified atom stereocenters. The van der Waals surface area contributed by atoms with Gasteiger partial charge in [-0.05, 0) is 67.3 Å². The Balaban J connectivity index is 1.67. The van der Waals surface area contributed by atoms with Gasteiger partial charge >= 0.3 is 0 Å². The smallest absolute Gasteiger partial charge is 0.262 e. The Morgan fingerprint density at radius 3 is 2.75 bits per heavy atom. The molecule has 0 radical (unpaired) electrons. The molecule has 1 amide bonds. The molecule has 0 saturated carbocycles. The molecule has 0 aliphatic heterocycles. The van der Waals surface area contributed by atoms with E-state index in [1.807, 2.05) is 31.2 Å². The average Bonchev–Trinajstić information content (AvgIpc) is 2.61. The molecule has 2 aromatic carbocycles. The highest BCUT2D eigenvalue weighted by Gasteiger charge is 2.15. The van der Waals surface area contributed by atoms with Gasteiger partial charge in [0.25, 0.3) is 5.91 Å². The highest BCUT2D eigenvalue weighted by atomic mass is 16.5. The maximum absolute atomic E-state index is 12.3. The second-order valence-corrected chi connectivity index (χ2v) is 6.40. The van der Waals surface area contributed by atoms with E-state index >= 15 is 0 Å². The minimum absolute atomic E-state index is 0.0495. The fourth-order valence-corrected chi connectivity index (χ4v) is 3.40. The van der Waals surface area contributed by atoms with Gasteiger partial charge in [0.15, 0.2) is 6.61 Å². The molecule has 1 aliphatic rings. The van der Waals surface area contributed by atoms with Crippen LogP contribution in [-0.4, -0.2) is 12.5 Å². The van der Waals surface area contributed by atoms with Crippen LogP contribution in [0.25, 0.3) is 0 Å². The van der Waals surface area contributed by atoms with E-state index in [1.165, 1.54) is 24.0 Å². The minimum atomic E-state index is -0.104. The van der Waals surface area contributed by atoms with Crippen LogP contribution < -0.4 is 10.1 Å². The number of carbonyl (C=O) groups excluding carboxylic acids is 1. The first-order valence-corrected chi connectivity index (χ1v) is 8.81. The number of aryl methyl sites for hydroxylation is 3. The lowest BCUT2D eigenvalue weighted by atomic mass is 9.91. The van der Waals surface area contributed by atoms with Gasteiger partial charge in [0.05, 0.1) is 0 Å². The van der Waals surface area contributed by atoms with Crippen LogP contribution in [0, 0.1) is 6.92 Å². The lowest BCUT2D eigenvalue weighted by Crippen LogP contribution is -2.22. The van der Waals surface area contributed by atoms with Crippen molar-refractivity contribution in [2.24, 2.45) is 0 Å². The SMILES string of the molecule is CCc1cccc(C)c1NC(=O)COc1cccc2c1CCCC2. The van der Waals surface area contributed by atoms with E-state index in [2.05, 4.69) is 24.4 Å². The van der Waals surface area contributed by atoms with Crippen molar-refractivity contribution in [2.75, 3.05) is 11.9 Å². The first-order valence-electron chi connectivity index (χ1n) is 8.81. The van der Waals surface area contributed by atoms with Crippen molar-refractivity contribution in [1.82, 2.24) is 0 Å². The summed E-state index contributed by atoms with van der Waals surface area (Å²) >= 11 is 0. The molecule has 0 heterocycles. The summed E-state index contributed by atoms with van der Waals surface area (Å²) in [5.74, 6) is 0.760. The Morgan fingerprint density at radius 2 is 1.92 bits per heavy atom. The van der Waals surface area contributed by atoms with E-state index in [1.54, 1.807) is 0 Å². The highest BCUT2D eigenvalue weighted by Crippen LogP contribution is 2.29. The summed E-state index contributed by atoms with van der Waals surface area (Å²) in [7, 11) is 0. The number of rotatable bonds is 5. The monoisotopic (exact) mass is 323 g/mol. The molecule has 2 aromatic rings. The normalized spacial score (nSPS) is 13.2. The summed E-state index contributed by atoms with van der Waals surface area (Å²) < 4.78 is 5.84. The summed E-state index contributed by atoms with van der Waals surface area (Å²) in [5.41, 5.74) is 5.80. The van der Waals surface area contributed by atoms with Crippen molar-refractivity contribution < 1.29 is 9.53 Å². The number of fused-ring (bicyclic) bond motifs is 1. The van der Waals surface area contributed by atoms with Crippen LogP contribution in [0.2, 0.25) is 0 Å². The number of amides is 1. The number of carbonyl (C=O) groups is 1. The summed E-state index contributed by atoms with van der Waals surface area (Å²) in [6.45, 7) is 4.16. The van der Waals surface area contributed by atoms with Gasteiger partial charge in [-0.2, -0.15) is 0 Å². The van der Waals surface area contributed by atoms with Crippen LogP contribution in [0.1, 0.15) is 42.0 Å². The van der Waals surface area contributed by atoms with Crippen molar-refractivity contribution in [3.63, 3.8) is 0 Å². The molecule has 126 valence electrons. The zero-order valence-corrected chi connectivity index (χ0v) is 14.5. The third kappa shape index (κ3) is 3.61. The summed E-state index contributed by atoms with van der Waals surface area (Å²) in [6.07, 6.45) is 5.49. The van der Waals surface area contributed by atoms with Gasteiger partial charge in [0.1, 0.15) is 5.75 Å². The first kappa shape index (κ1) is 16.6. The standard InChI is InChI=1S/C21H25NO2/c1-3-16-10-6-8-15(2)21(16)22-20(23)14-24-19-13-7-11-17-9-4-5-12-18(17)19/h6-8,10-11,13H,3-5,9,12,14H2,1-2H3,(H,22,23). The highest BCUT2D eigenvalue weighted by molar-refractivity contribution is 5.93. The second kappa shape index (κ2) is 7.52. The van der Waals surface area contributed by atoms with Gasteiger partial charge in [-0.15, -0.1) is 0 Å². The van der Waals surface area contributed by atoms with E-state index in [-0.39, 0.29) is 12.5 Å². The topological polar surface area (TPSA) is 38.3 Å². The van der Waals surface area contributed by atoms with Crippen molar-refractivity contribution in [3.05, 3.63) is 58.7 Å². The quantitative estimate of drug-likeness (QED) is 0.882. The maximum Gasteiger partial charge on any atom is 0.262 e. The molecule has 3 heteroatoms. The Bertz CT molecular complexity index is 737. The molecule has 1 aliphatic carbocycles. The first-order chi connectivity index (χ1) is 11.7. The summed E-state index contributed by atoms with van der Waals surface area (Å²) in [6, 6.07) is 12.3. The average molecular weight is 323 g/mol. The van der Waals surface area contributed by atoms with Gasteiger partial charge < -0.3 is 10.1 Å². The van der Waals surface area contributed by atoms with Crippen molar-refractivity contribution in [3.8, 4) is 5.75 Å². The molecular weight excluding hydrogens is 298 g/mol. The molecule has 0 atom stereocenters. The zero-order valence-electron chi connectivity index (χ0n) is 14.5. The van der Waals surface area contributed by atoms with Crippen LogP contribution in [-0.2, 0) is 24.1 Å². The molecule has 3 nitrogen and oxygen atoms in total. The molecule has 0 fully saturated rings. The number of hydrogen-bond donors (Lipinski definition) is 1. The Morgan fingerprint density at radius 1 is 1.12 bits per heavy atom. The minimum Gasteiger partial charge on any atom is -0.483 e. The Hall–Kier alpha value is -2.29. The van der Waals surface area contributed by atoms with Crippen LogP contribution >= 0.6 is 0 Å². The third-order valence-electron chi connectivity index (χ3n) is 4.72. The second-order valence-electron chi connectivity index (χ2n) is 6.40. The molecule has 0 bridgehead atoms. The number of para-hydroxylation sites is 1. The van der Waals surface area contributed by atoms with Crippen molar-refractivity contribution in [2.45, 2.75) is 46.0 Å². The molecule has 0 saturated heterocycles. The molecule has 1 N–H and O–H groups in total. The van der Waals surface area contributed by atoms with Crippen LogP contribution in [0.3, 0.4) is 0 Å². The lowest BCUT2D eigenvalue weighted by molar-refractivity contribution is -0.118. The van der Waals surface area contributed by atoms with E-state index < -0.39 is 0 Å². The van der Waals surface area contributed by atoms with E-state index in [9.17, 15) is 4.79 Å². The van der Waals surface area contributed by atoms with Gasteiger partial charge in [-0.25, -0.2) is 0 Å². The Kier molecular flexibility index (Phi) is 5.19. The largest absolute Gasteiger partial charge is 0.483 e. The molecule has 24 heavy (non-hydrogen) atoms. The van der Waals surface area contributed by atoms with Gasteiger partial charge in [-0.3, -0.25) is 4.79 Å². The molecular formula is C21H25NO2. The zero-order chi connectivity index (χ0) is 16.9. The number of benzene rings is 2. The predicted molar refractivity (Wildman–Crippen MR) is 97.8 cm³/mol. The maximum atomic E-state index is 12.3. The Labute approximate surface area is 144 Å². The summed E-state index contributed by atoms with van der Waals surface area (Å²) in [5, 5.41) is 3.02. The molecule has 0 spiro atoms. The van der Waals surface area contributed by atoms with Crippen molar-refractivity contribution in [1.29, 1.82) is 0 Å². The molecule has 3 rings (SSSR count). The van der Waals surface area contributed by atoms with E-state index in [0.717, 1.165) is 41.8 Å². The van der Waals surface area contributed by atoms with E-state index in [0.29, 0.717) is 0 Å². The van der Waals surface area contributed by atoms with Crippen LogP contribution in [0.4, 0.5) is 5.69 Å². The summed E-state index contributed by atoms with van der Waals surface area (Å²) in [4.78, 5) is 12.3. The van der Waals surface area contributed by atoms with Gasteiger partial charge in [-0.1, -0.05) is 37.3 Å². The number of nitrogens with one attached hydrogen (secondary N) is 1. The lowest BCUT2D eigenvalue weighted by Gasteiger charge is -2.19. The number of ether oxygens (including phenoxy) is 1. The predicted octanol–water partition coefficient (Wildman–Crippen LogP) is 4.45. The number of hydrogen-bond acceptors (Lipinski definition) is 2. The molecule has 0 aromatic heterocycles. The number of anilines is 1. The fourth-order valence-electron chi connectivity index (χ4n) is 3.40. The van der Waals surface area contributed by atoms with Gasteiger partial charge in [0.2, 0.25) is 0 Å². The van der Waals surface area contributed by atoms with E-state index in [4.69, 9.17) is 4.74 Å². The van der Waals surface area contributed by atoms with Gasteiger partial charge in [0, 0.05) is 5.69 Å². The third-order valence-corrected chi connectivity index (χ3v) is 4.72. The van der Waals surface area contributed by atoms with Crippen molar-refractivity contribution >= 4 is 11.6 Å².